The smallest absolute Gasteiger partial charge is 0.225 e. The lowest BCUT2D eigenvalue weighted by atomic mass is 9.87. The fourth-order valence-electron chi connectivity index (χ4n) is 2.60. The number of nitrogens with one attached hydrogen (secondary N) is 1. The molecule has 0 aliphatic carbocycles. The van der Waals surface area contributed by atoms with E-state index < -0.39 is 0 Å². The van der Waals surface area contributed by atoms with Crippen LogP contribution in [0.25, 0.3) is 0 Å². The molecule has 1 aromatic carbocycles. The van der Waals surface area contributed by atoms with Gasteiger partial charge in [-0.1, -0.05) is 32.9 Å². The molecule has 0 spiro atoms. The summed E-state index contributed by atoms with van der Waals surface area (Å²) in [5, 5.41) is 3.05. The standard InChI is InChI=1S/C19H28N2O3/c1-13(19(2,3)4)20-18(23)15-10-17(22)21(12-15)11-14-6-8-16(24-5)9-7-14/h6-9,13,15H,10-12H2,1-5H3,(H,20,23). The van der Waals surface area contributed by atoms with Gasteiger partial charge in [-0.25, -0.2) is 0 Å². The Morgan fingerprint density at radius 1 is 1.33 bits per heavy atom. The Labute approximate surface area is 144 Å². The molecule has 1 aliphatic rings. The van der Waals surface area contributed by atoms with Crippen LogP contribution in [0, 0.1) is 11.3 Å². The maximum absolute atomic E-state index is 12.4. The molecule has 2 rings (SSSR count). The molecule has 0 radical (unpaired) electrons. The zero-order chi connectivity index (χ0) is 17.9. The molecule has 1 fully saturated rings. The molecule has 1 aromatic rings. The maximum atomic E-state index is 12.4. The number of hydrogen-bond donors (Lipinski definition) is 1. The van der Waals surface area contributed by atoms with E-state index in [1.165, 1.54) is 0 Å². The number of nitrogens with zero attached hydrogens (tertiary/aromatic N) is 1. The zero-order valence-corrected chi connectivity index (χ0v) is 15.3. The molecule has 2 atom stereocenters. The van der Waals surface area contributed by atoms with Gasteiger partial charge in [0.05, 0.1) is 13.0 Å². The van der Waals surface area contributed by atoms with Crippen LogP contribution in [0.4, 0.5) is 0 Å². The maximum Gasteiger partial charge on any atom is 0.225 e. The summed E-state index contributed by atoms with van der Waals surface area (Å²) >= 11 is 0. The predicted molar refractivity (Wildman–Crippen MR) is 93.6 cm³/mol. The summed E-state index contributed by atoms with van der Waals surface area (Å²) in [6, 6.07) is 7.72. The minimum absolute atomic E-state index is 0.00105. The molecule has 2 unspecified atom stereocenters. The largest absolute Gasteiger partial charge is 0.497 e. The topological polar surface area (TPSA) is 58.6 Å². The van der Waals surface area contributed by atoms with Crippen molar-refractivity contribution in [2.45, 2.75) is 46.7 Å². The van der Waals surface area contributed by atoms with Gasteiger partial charge < -0.3 is 15.0 Å². The number of amides is 2. The van der Waals surface area contributed by atoms with Gasteiger partial charge >= 0.3 is 0 Å². The van der Waals surface area contributed by atoms with Crippen molar-refractivity contribution < 1.29 is 14.3 Å². The van der Waals surface area contributed by atoms with Gasteiger partial charge in [-0.3, -0.25) is 9.59 Å². The van der Waals surface area contributed by atoms with E-state index in [9.17, 15) is 9.59 Å². The highest BCUT2D eigenvalue weighted by molar-refractivity contribution is 5.89. The molecule has 0 aromatic heterocycles. The van der Waals surface area contributed by atoms with E-state index in [2.05, 4.69) is 26.1 Å². The molecule has 5 heteroatoms. The zero-order valence-electron chi connectivity index (χ0n) is 15.3. The lowest BCUT2D eigenvalue weighted by Gasteiger charge is -2.29. The van der Waals surface area contributed by atoms with E-state index in [0.717, 1.165) is 11.3 Å². The highest BCUT2D eigenvalue weighted by atomic mass is 16.5. The Morgan fingerprint density at radius 3 is 2.50 bits per heavy atom. The third-order valence-corrected chi connectivity index (χ3v) is 4.78. The number of rotatable bonds is 5. The van der Waals surface area contributed by atoms with E-state index in [1.54, 1.807) is 12.0 Å². The van der Waals surface area contributed by atoms with Crippen molar-refractivity contribution in [3.63, 3.8) is 0 Å². The van der Waals surface area contributed by atoms with Crippen molar-refractivity contribution in [3.8, 4) is 5.75 Å². The van der Waals surface area contributed by atoms with Gasteiger partial charge in [0, 0.05) is 25.6 Å². The number of methoxy groups -OCH3 is 1. The first kappa shape index (κ1) is 18.3. The molecule has 132 valence electrons. The summed E-state index contributed by atoms with van der Waals surface area (Å²) in [6.45, 7) is 9.29. The van der Waals surface area contributed by atoms with Crippen LogP contribution in [-0.2, 0) is 16.1 Å². The first-order valence-electron chi connectivity index (χ1n) is 8.42. The number of hydrogen-bond acceptors (Lipinski definition) is 3. The van der Waals surface area contributed by atoms with E-state index in [4.69, 9.17) is 4.74 Å². The highest BCUT2D eigenvalue weighted by Crippen LogP contribution is 2.23. The number of benzene rings is 1. The lowest BCUT2D eigenvalue weighted by Crippen LogP contribution is -2.44. The normalized spacial score (nSPS) is 19.3. The second-order valence-corrected chi connectivity index (χ2v) is 7.62. The number of likely N-dealkylation sites (tertiary alicyclic amines) is 1. The molecule has 5 nitrogen and oxygen atoms in total. The van der Waals surface area contributed by atoms with Crippen molar-refractivity contribution in [2.75, 3.05) is 13.7 Å². The predicted octanol–water partition coefficient (Wildman–Crippen LogP) is 2.59. The Kier molecular flexibility index (Phi) is 5.52. The number of carbonyl (C=O) groups excluding carboxylic acids is 2. The van der Waals surface area contributed by atoms with Gasteiger partial charge in [-0.15, -0.1) is 0 Å². The molecular formula is C19H28N2O3. The Balaban J connectivity index is 1.93. The third-order valence-electron chi connectivity index (χ3n) is 4.78. The van der Waals surface area contributed by atoms with Gasteiger partial charge in [0.25, 0.3) is 0 Å². The Morgan fingerprint density at radius 2 is 1.96 bits per heavy atom. The van der Waals surface area contributed by atoms with Gasteiger partial charge in [0.15, 0.2) is 0 Å². The first-order valence-corrected chi connectivity index (χ1v) is 8.42. The summed E-state index contributed by atoms with van der Waals surface area (Å²) in [6.07, 6.45) is 0.291. The van der Waals surface area contributed by atoms with Crippen molar-refractivity contribution in [1.82, 2.24) is 10.2 Å². The summed E-state index contributed by atoms with van der Waals surface area (Å²) in [7, 11) is 1.63. The summed E-state index contributed by atoms with van der Waals surface area (Å²) in [4.78, 5) is 26.4. The minimum Gasteiger partial charge on any atom is -0.497 e. The first-order chi connectivity index (χ1) is 11.2. The van der Waals surface area contributed by atoms with Crippen molar-refractivity contribution in [2.24, 2.45) is 11.3 Å². The summed E-state index contributed by atoms with van der Waals surface area (Å²) in [5.41, 5.74) is 1.04. The average Bonchev–Trinajstić information content (AvgIpc) is 2.88. The molecular weight excluding hydrogens is 304 g/mol. The molecule has 1 aliphatic heterocycles. The number of ether oxygens (including phenoxy) is 1. The molecule has 2 amide bonds. The van der Waals surface area contributed by atoms with Crippen LogP contribution >= 0.6 is 0 Å². The van der Waals surface area contributed by atoms with E-state index in [0.29, 0.717) is 19.5 Å². The van der Waals surface area contributed by atoms with Crippen molar-refractivity contribution in [3.05, 3.63) is 29.8 Å². The highest BCUT2D eigenvalue weighted by Gasteiger charge is 2.35. The van der Waals surface area contributed by atoms with Crippen LogP contribution in [0.15, 0.2) is 24.3 Å². The second kappa shape index (κ2) is 7.24. The minimum atomic E-state index is -0.263. The quantitative estimate of drug-likeness (QED) is 0.902. The van der Waals surface area contributed by atoms with Crippen LogP contribution in [0.2, 0.25) is 0 Å². The second-order valence-electron chi connectivity index (χ2n) is 7.62. The monoisotopic (exact) mass is 332 g/mol. The van der Waals surface area contributed by atoms with Crippen molar-refractivity contribution in [1.29, 1.82) is 0 Å². The summed E-state index contributed by atoms with van der Waals surface area (Å²) in [5.74, 6) is 0.540. The molecule has 1 saturated heterocycles. The fourth-order valence-corrected chi connectivity index (χ4v) is 2.60. The average molecular weight is 332 g/mol. The number of carbonyl (C=O) groups is 2. The summed E-state index contributed by atoms with van der Waals surface area (Å²) < 4.78 is 5.14. The SMILES string of the molecule is COc1ccc(CN2CC(C(=O)NC(C)C(C)(C)C)CC2=O)cc1. The van der Waals surface area contributed by atoms with Gasteiger partial charge in [0.2, 0.25) is 11.8 Å². The van der Waals surface area contributed by atoms with Gasteiger partial charge in [-0.05, 0) is 30.0 Å². The van der Waals surface area contributed by atoms with Crippen LogP contribution in [-0.4, -0.2) is 36.4 Å². The van der Waals surface area contributed by atoms with Crippen LogP contribution in [0.1, 0.15) is 39.7 Å². The van der Waals surface area contributed by atoms with Crippen LogP contribution in [0.5, 0.6) is 5.75 Å². The Bertz CT molecular complexity index is 590. The van der Waals surface area contributed by atoms with E-state index in [1.807, 2.05) is 31.2 Å². The fraction of sp³-hybridized carbons (Fsp3) is 0.579. The molecule has 1 heterocycles. The molecule has 0 bridgehead atoms. The molecule has 24 heavy (non-hydrogen) atoms. The van der Waals surface area contributed by atoms with E-state index in [-0.39, 0.29) is 29.2 Å². The Hall–Kier alpha value is -2.04. The van der Waals surface area contributed by atoms with Gasteiger partial charge in [0.1, 0.15) is 5.75 Å². The third kappa shape index (κ3) is 4.49. The van der Waals surface area contributed by atoms with Gasteiger partial charge in [-0.2, -0.15) is 0 Å². The van der Waals surface area contributed by atoms with Crippen molar-refractivity contribution >= 4 is 11.8 Å². The van der Waals surface area contributed by atoms with Crippen LogP contribution < -0.4 is 10.1 Å². The molecule has 1 N–H and O–H groups in total. The molecule has 0 saturated carbocycles. The van der Waals surface area contributed by atoms with Crippen LogP contribution in [0.3, 0.4) is 0 Å². The lowest BCUT2D eigenvalue weighted by molar-refractivity contribution is -0.129. The van der Waals surface area contributed by atoms with E-state index >= 15 is 0 Å².